The van der Waals surface area contributed by atoms with Crippen molar-refractivity contribution in [3.05, 3.63) is 91.0 Å². The second-order valence-corrected chi connectivity index (χ2v) is 15.8. The molecule has 0 radical (unpaired) electrons. The molecule has 0 aromatic heterocycles. The molecule has 5 aliphatic heterocycles. The molecule has 1 fully saturated rings. The van der Waals surface area contributed by atoms with E-state index in [2.05, 4.69) is 33.0 Å². The molecule has 1 saturated heterocycles. The van der Waals surface area contributed by atoms with E-state index in [-0.39, 0.29) is 17.8 Å². The number of rotatable bonds is 15. The van der Waals surface area contributed by atoms with Crippen molar-refractivity contribution < 1.29 is 19.7 Å². The van der Waals surface area contributed by atoms with Gasteiger partial charge in [-0.1, -0.05) is 52.4 Å². The highest BCUT2D eigenvalue weighted by Crippen LogP contribution is 2.47. The zero-order chi connectivity index (χ0) is 38.0. The van der Waals surface area contributed by atoms with Gasteiger partial charge in [0, 0.05) is 58.7 Å². The van der Waals surface area contributed by atoms with Crippen LogP contribution in [0.5, 0.6) is 0 Å². The third kappa shape index (κ3) is 7.77. The highest BCUT2D eigenvalue weighted by molar-refractivity contribution is 6.21. The molecule has 53 heavy (non-hydrogen) atoms. The predicted molar refractivity (Wildman–Crippen MR) is 216 cm³/mol. The number of esters is 1. The lowest BCUT2D eigenvalue weighted by Gasteiger charge is -2.18. The summed E-state index contributed by atoms with van der Waals surface area (Å²) in [5.74, 6) is 0.907. The number of aliphatic hydroxyl groups is 2. The van der Waals surface area contributed by atoms with Crippen molar-refractivity contribution in [3.8, 4) is 0 Å². The Morgan fingerprint density at radius 3 is 2.28 bits per heavy atom. The zero-order valence-electron chi connectivity index (χ0n) is 32.7. The lowest BCUT2D eigenvalue weighted by Crippen LogP contribution is -2.16. The van der Waals surface area contributed by atoms with Crippen LogP contribution in [0.2, 0.25) is 0 Å². The lowest BCUT2D eigenvalue weighted by atomic mass is 9.85. The Kier molecular flexibility index (Phi) is 12.3. The molecular formula is C44H57ClN4O4. The predicted octanol–water partition coefficient (Wildman–Crippen LogP) is 10.1. The SMILES string of the molecule is CCC1=C(C)C2=NC1=CC1=C(C)C3=C(O)CC(=C4NC(=C(C)C5=NC(=C2)C(C(C)O)=C5C)[C@@H](C)[C@@H]4CCC(=O)OCCCCCCCCCCCl)C3=N1. The van der Waals surface area contributed by atoms with E-state index >= 15 is 0 Å². The Labute approximate surface area is 320 Å². The molecule has 0 aromatic carbocycles. The maximum Gasteiger partial charge on any atom is 0.305 e. The number of allylic oxidation sites excluding steroid dienone is 11. The first-order chi connectivity index (χ1) is 25.5. The summed E-state index contributed by atoms with van der Waals surface area (Å²) in [6.45, 7) is 14.8. The van der Waals surface area contributed by atoms with Crippen molar-refractivity contribution >= 4 is 34.7 Å². The summed E-state index contributed by atoms with van der Waals surface area (Å²) in [7, 11) is 0. The Bertz CT molecular complexity index is 1910. The Morgan fingerprint density at radius 1 is 0.906 bits per heavy atom. The molecule has 6 aliphatic rings. The molecule has 6 rings (SSSR count). The number of ether oxygens (including phenoxy) is 1. The van der Waals surface area contributed by atoms with E-state index < -0.39 is 6.10 Å². The summed E-state index contributed by atoms with van der Waals surface area (Å²) in [6, 6.07) is 0. The minimum atomic E-state index is -0.712. The van der Waals surface area contributed by atoms with E-state index in [9.17, 15) is 15.0 Å². The molecule has 3 N–H and O–H groups in total. The van der Waals surface area contributed by atoms with Gasteiger partial charge in [0.05, 0.1) is 46.9 Å². The number of fused-ring (bicyclic) bond motifs is 5. The molecule has 9 heteroatoms. The summed E-state index contributed by atoms with van der Waals surface area (Å²) in [6.07, 6.45) is 14.5. The van der Waals surface area contributed by atoms with Crippen LogP contribution < -0.4 is 5.32 Å². The second-order valence-electron chi connectivity index (χ2n) is 15.4. The zero-order valence-corrected chi connectivity index (χ0v) is 33.5. The molecule has 8 nitrogen and oxygen atoms in total. The van der Waals surface area contributed by atoms with Gasteiger partial charge in [-0.25, -0.2) is 15.0 Å². The molecule has 1 unspecified atom stereocenters. The Morgan fingerprint density at radius 2 is 1.60 bits per heavy atom. The molecule has 0 spiro atoms. The Balaban J connectivity index is 1.31. The first kappa shape index (κ1) is 39.0. The molecule has 0 aromatic rings. The van der Waals surface area contributed by atoms with Gasteiger partial charge in [0.15, 0.2) is 0 Å². The van der Waals surface area contributed by atoms with Crippen molar-refractivity contribution in [2.45, 2.75) is 132 Å². The lowest BCUT2D eigenvalue weighted by molar-refractivity contribution is -0.144. The minimum absolute atomic E-state index is 0.0223. The van der Waals surface area contributed by atoms with Gasteiger partial charge < -0.3 is 20.3 Å². The molecule has 284 valence electrons. The van der Waals surface area contributed by atoms with Gasteiger partial charge >= 0.3 is 5.97 Å². The number of carbonyl (C=O) groups excluding carboxylic acids is 1. The number of unbranched alkanes of at least 4 members (excludes halogenated alkanes) is 7. The van der Waals surface area contributed by atoms with Gasteiger partial charge in [-0.15, -0.1) is 11.6 Å². The number of halogens is 1. The van der Waals surface area contributed by atoms with Crippen LogP contribution in [-0.4, -0.2) is 51.9 Å². The van der Waals surface area contributed by atoms with E-state index in [1.54, 1.807) is 6.92 Å². The third-order valence-corrected chi connectivity index (χ3v) is 12.1. The number of aliphatic imine (C=N–C) groups is 3. The smallest absolute Gasteiger partial charge is 0.305 e. The fraction of sp³-hybridized carbons (Fsp3) is 0.545. The number of aliphatic hydroxyl groups excluding tert-OH is 2. The number of hydrogen-bond donors (Lipinski definition) is 3. The van der Waals surface area contributed by atoms with Crippen LogP contribution in [0.1, 0.15) is 126 Å². The fourth-order valence-electron chi connectivity index (χ4n) is 8.87. The van der Waals surface area contributed by atoms with Gasteiger partial charge in [-0.2, -0.15) is 0 Å². The molecule has 0 amide bonds. The Hall–Kier alpha value is -3.75. The normalized spacial score (nSPS) is 22.9. The van der Waals surface area contributed by atoms with Crippen molar-refractivity contribution in [1.29, 1.82) is 0 Å². The van der Waals surface area contributed by atoms with E-state index in [4.69, 9.17) is 31.3 Å². The van der Waals surface area contributed by atoms with Crippen LogP contribution in [-0.2, 0) is 9.53 Å². The van der Waals surface area contributed by atoms with E-state index in [0.29, 0.717) is 31.6 Å². The monoisotopic (exact) mass is 740 g/mol. The summed E-state index contributed by atoms with van der Waals surface area (Å²) in [5, 5.41) is 26.2. The van der Waals surface area contributed by atoms with Crippen molar-refractivity contribution in [1.82, 2.24) is 5.32 Å². The summed E-state index contributed by atoms with van der Waals surface area (Å²) in [4.78, 5) is 28.5. The van der Waals surface area contributed by atoms with Gasteiger partial charge in [-0.3, -0.25) is 4.79 Å². The maximum absolute atomic E-state index is 13.1. The third-order valence-electron chi connectivity index (χ3n) is 11.9. The standard InChI is InChI=1S/C44H57ClN4O4/c1-8-30-24(2)33-23-36-39(29(7)50)27(5)42(48-36)28(6)41-25(3)31(17-18-38(52)53-20-16-14-12-10-9-11-13-15-19-45)43(49-41)32-21-37(51)40-26(4)34(47-44(32)40)22-35(30)46-33/h22-23,25,29,31,49-51H,8-21H2,1-7H3/t25-,29?,31-/m0/s1. The molecular weight excluding hydrogens is 684 g/mol. The van der Waals surface area contributed by atoms with Crippen LogP contribution in [0, 0.1) is 11.8 Å². The number of carbonyl (C=O) groups is 1. The summed E-state index contributed by atoms with van der Waals surface area (Å²) < 4.78 is 5.73. The fourth-order valence-corrected chi connectivity index (χ4v) is 9.06. The van der Waals surface area contributed by atoms with Crippen LogP contribution in [0.4, 0.5) is 0 Å². The molecule has 0 saturated carbocycles. The number of hydrogen-bond acceptors (Lipinski definition) is 8. The first-order valence-electron chi connectivity index (χ1n) is 19.8. The average molecular weight is 741 g/mol. The summed E-state index contributed by atoms with van der Waals surface area (Å²) in [5.41, 5.74) is 14.6. The minimum Gasteiger partial charge on any atom is -0.511 e. The molecule has 5 heterocycles. The molecule has 1 aliphatic carbocycles. The van der Waals surface area contributed by atoms with E-state index in [1.807, 2.05) is 26.0 Å². The summed E-state index contributed by atoms with van der Waals surface area (Å²) >= 11 is 5.78. The maximum atomic E-state index is 13.1. The van der Waals surface area contributed by atoms with Crippen molar-refractivity contribution in [2.24, 2.45) is 26.8 Å². The quantitative estimate of drug-likeness (QED) is 0.0878. The van der Waals surface area contributed by atoms with Crippen molar-refractivity contribution in [3.63, 3.8) is 0 Å². The molecule has 3 atom stereocenters. The highest BCUT2D eigenvalue weighted by atomic mass is 35.5. The first-order valence-corrected chi connectivity index (χ1v) is 20.4. The van der Waals surface area contributed by atoms with E-state index in [0.717, 1.165) is 128 Å². The number of alkyl halides is 1. The van der Waals surface area contributed by atoms with Crippen LogP contribution >= 0.6 is 11.6 Å². The van der Waals surface area contributed by atoms with Crippen LogP contribution in [0.3, 0.4) is 0 Å². The van der Waals surface area contributed by atoms with Gasteiger partial charge in [0.2, 0.25) is 0 Å². The van der Waals surface area contributed by atoms with Crippen LogP contribution in [0.15, 0.2) is 106 Å². The van der Waals surface area contributed by atoms with Gasteiger partial charge in [-0.05, 0) is 100 Å². The topological polar surface area (TPSA) is 116 Å². The molecule has 8 bridgehead atoms. The number of nitrogens with one attached hydrogen (secondary N) is 1. The van der Waals surface area contributed by atoms with Gasteiger partial charge in [0.25, 0.3) is 0 Å². The van der Waals surface area contributed by atoms with E-state index in [1.165, 1.54) is 25.7 Å². The average Bonchev–Trinajstić information content (AvgIpc) is 3.89. The number of nitrogens with zero attached hydrogens (tertiary/aromatic N) is 3. The van der Waals surface area contributed by atoms with Gasteiger partial charge in [0.1, 0.15) is 5.76 Å². The second kappa shape index (κ2) is 16.7. The largest absolute Gasteiger partial charge is 0.511 e. The van der Waals surface area contributed by atoms with Crippen molar-refractivity contribution in [2.75, 3.05) is 12.5 Å². The van der Waals surface area contributed by atoms with Crippen LogP contribution in [0.25, 0.3) is 0 Å². The highest BCUT2D eigenvalue weighted by Gasteiger charge is 2.42.